The van der Waals surface area contributed by atoms with Crippen LogP contribution in [-0.4, -0.2) is 30.8 Å². The third-order valence-electron chi connectivity index (χ3n) is 2.48. The van der Waals surface area contributed by atoms with Crippen LogP contribution in [0.3, 0.4) is 0 Å². The van der Waals surface area contributed by atoms with Gasteiger partial charge in [-0.05, 0) is 19.3 Å². The van der Waals surface area contributed by atoms with Crippen LogP contribution in [0.25, 0.3) is 0 Å². The Morgan fingerprint density at radius 1 is 1.38 bits per heavy atom. The molecule has 0 saturated carbocycles. The van der Waals surface area contributed by atoms with E-state index < -0.39 is 20.9 Å². The van der Waals surface area contributed by atoms with E-state index in [0.29, 0.717) is 19.3 Å². The summed E-state index contributed by atoms with van der Waals surface area (Å²) >= 11 is 0. The zero-order chi connectivity index (χ0) is 10.5. The minimum atomic E-state index is -2.98. The van der Waals surface area contributed by atoms with Crippen molar-refractivity contribution in [2.75, 3.05) is 0 Å². The first-order valence-electron chi connectivity index (χ1n) is 4.62. The van der Waals surface area contributed by atoms with Crippen LogP contribution in [0, 0.1) is 0 Å². The number of rotatable bonds is 6. The highest BCUT2D eigenvalue weighted by Crippen LogP contribution is 2.26. The topological polar surface area (TPSA) is 66.8 Å². The van der Waals surface area contributed by atoms with Crippen molar-refractivity contribution in [2.24, 2.45) is 0 Å². The Hall–Kier alpha value is -0.423. The van der Waals surface area contributed by atoms with Gasteiger partial charge in [-0.1, -0.05) is 20.8 Å². The molecule has 0 aliphatic carbocycles. The number of hydrogen-bond acceptors (Lipinski definition) is 3. The molecule has 0 aromatic rings. The average molecular weight is 206 g/mol. The molecule has 0 spiro atoms. The molecule has 78 valence electrons. The highest BCUT2D eigenvalue weighted by Gasteiger charge is 2.37. The first-order valence-corrected chi connectivity index (χ1v) is 5.88. The molecule has 13 heavy (non-hydrogen) atoms. The fourth-order valence-electron chi connectivity index (χ4n) is 1.48. The molecule has 4 nitrogen and oxygen atoms in total. The van der Waals surface area contributed by atoms with E-state index in [4.69, 9.17) is 9.22 Å². The maximum Gasteiger partial charge on any atom is 0.765 e. The Morgan fingerprint density at radius 2 is 1.85 bits per heavy atom. The van der Waals surface area contributed by atoms with Gasteiger partial charge in [0.15, 0.2) is 0 Å². The van der Waals surface area contributed by atoms with Crippen LogP contribution in [0.5, 0.6) is 0 Å². The van der Waals surface area contributed by atoms with E-state index in [2.05, 4.69) is 0 Å². The van der Waals surface area contributed by atoms with Gasteiger partial charge < -0.3 is 14.3 Å². The third kappa shape index (κ3) is 3.08. The summed E-state index contributed by atoms with van der Waals surface area (Å²) in [4.78, 5) is 8.71. The van der Waals surface area contributed by atoms with Crippen molar-refractivity contribution in [3.63, 3.8) is 0 Å². The Bertz CT molecular complexity index is 168. The van der Waals surface area contributed by atoms with Crippen LogP contribution in [0.4, 0.5) is 0 Å². The smallest absolute Gasteiger partial charge is 0.511 e. The van der Waals surface area contributed by atoms with Gasteiger partial charge in [-0.25, -0.2) is 0 Å². The summed E-state index contributed by atoms with van der Waals surface area (Å²) in [5, 5.41) is 9.66. The summed E-state index contributed by atoms with van der Waals surface area (Å²) in [5.74, 6) is 0. The Kier molecular flexibility index (Phi) is 5.16. The van der Waals surface area contributed by atoms with E-state index in [1.54, 1.807) is 0 Å². The maximum absolute atomic E-state index is 10.6. The van der Waals surface area contributed by atoms with Gasteiger partial charge in [-0.2, -0.15) is 0 Å². The lowest BCUT2D eigenvalue weighted by molar-refractivity contribution is -0.0762. The van der Waals surface area contributed by atoms with Gasteiger partial charge in [-0.3, -0.25) is 4.46 Å². The molecule has 0 radical (unpaired) electrons. The largest absolute Gasteiger partial charge is 0.765 e. The average Bonchev–Trinajstić information content (AvgIpc) is 2.12. The molecular weight excluding hydrogens is 188 g/mol. The van der Waals surface area contributed by atoms with Crippen molar-refractivity contribution in [1.29, 1.82) is 0 Å². The number of hydrogen-bond donors (Lipinski definition) is 2. The predicted octanol–water partition coefficient (Wildman–Crippen LogP) is 0.740. The van der Waals surface area contributed by atoms with Crippen LogP contribution >= 0.6 is 0 Å². The lowest BCUT2D eigenvalue weighted by Crippen LogP contribution is -2.45. The highest BCUT2D eigenvalue weighted by molar-refractivity contribution is 6.24. The molecule has 5 heteroatoms. The van der Waals surface area contributed by atoms with Gasteiger partial charge in [0, 0.05) is 0 Å². The monoisotopic (exact) mass is 206 g/mol. The maximum atomic E-state index is 10.6. The second-order valence-corrected chi connectivity index (χ2v) is 3.80. The lowest BCUT2D eigenvalue weighted by atomic mass is 9.89. The van der Waals surface area contributed by atoms with Gasteiger partial charge in [0.25, 0.3) is 0 Å². The second-order valence-electron chi connectivity index (χ2n) is 3.06. The third-order valence-corrected chi connectivity index (χ3v) is 3.06. The van der Waals surface area contributed by atoms with Crippen LogP contribution in [0.15, 0.2) is 0 Å². The van der Waals surface area contributed by atoms with Gasteiger partial charge in [0.05, 0.1) is 6.10 Å². The van der Waals surface area contributed by atoms with Gasteiger partial charge in [0.1, 0.15) is 5.60 Å². The van der Waals surface area contributed by atoms with Crippen LogP contribution in [-0.2, 0) is 8.89 Å². The van der Waals surface area contributed by atoms with Crippen molar-refractivity contribution in [3.05, 3.63) is 0 Å². The lowest BCUT2D eigenvalue weighted by Gasteiger charge is -2.35. The fourth-order valence-corrected chi connectivity index (χ4v) is 2.25. The molecule has 0 bridgehead atoms. The fraction of sp³-hybridized carbons (Fsp3) is 1.00. The normalized spacial score (nSPS) is 13.8. The van der Waals surface area contributed by atoms with E-state index in [1.165, 1.54) is 0 Å². The molecule has 0 aliphatic heterocycles. The summed E-state index contributed by atoms with van der Waals surface area (Å²) in [6.45, 7) is 5.50. The summed E-state index contributed by atoms with van der Waals surface area (Å²) < 4.78 is 15.5. The molecule has 2 N–H and O–H groups in total. The van der Waals surface area contributed by atoms with Gasteiger partial charge in [-0.15, -0.1) is 0 Å². The van der Waals surface area contributed by atoms with Crippen molar-refractivity contribution >= 4 is 9.17 Å². The quantitative estimate of drug-likeness (QED) is 0.629. The Morgan fingerprint density at radius 3 is 2.08 bits per heavy atom. The number of aliphatic hydroxyl groups is 1. The van der Waals surface area contributed by atoms with E-state index in [9.17, 15) is 9.57 Å². The van der Waals surface area contributed by atoms with Crippen LogP contribution < -0.4 is 0 Å². The first kappa shape index (κ1) is 12.6. The molecular formula is C8H18O4Si. The van der Waals surface area contributed by atoms with E-state index >= 15 is 0 Å². The van der Waals surface area contributed by atoms with Gasteiger partial charge in [0.2, 0.25) is 0 Å². The van der Waals surface area contributed by atoms with Crippen molar-refractivity contribution in [3.8, 4) is 0 Å². The van der Waals surface area contributed by atoms with Crippen molar-refractivity contribution in [2.45, 2.75) is 51.7 Å². The zero-order valence-corrected chi connectivity index (χ0v) is 9.41. The molecule has 0 aromatic carbocycles. The summed E-state index contributed by atoms with van der Waals surface area (Å²) in [5.41, 5.74) is -0.848. The highest BCUT2D eigenvalue weighted by atomic mass is 28.3. The van der Waals surface area contributed by atoms with E-state index in [1.807, 2.05) is 20.8 Å². The zero-order valence-electron chi connectivity index (χ0n) is 8.41. The summed E-state index contributed by atoms with van der Waals surface area (Å²) in [7, 11) is -2.98. The Labute approximate surface area is 80.4 Å². The molecule has 0 aromatic heterocycles. The van der Waals surface area contributed by atoms with Crippen molar-refractivity contribution < 1.29 is 18.8 Å². The summed E-state index contributed by atoms with van der Waals surface area (Å²) in [6, 6.07) is 0. The molecule has 0 fully saturated rings. The van der Waals surface area contributed by atoms with E-state index in [-0.39, 0.29) is 0 Å². The number of aliphatic hydroxyl groups excluding tert-OH is 1. The SMILES string of the molecule is CCC(O)C(CC)(CC)O[Si](=O)O. The standard InChI is InChI=1S/C8H18O4Si/c1-4-7(9)8(5-2,6-3)12-13(10)11/h7,9-10H,4-6H2,1-3H3. The minimum Gasteiger partial charge on any atom is -0.511 e. The molecule has 0 amide bonds. The molecule has 1 unspecified atom stereocenters. The predicted molar refractivity (Wildman–Crippen MR) is 49.4 cm³/mol. The minimum absolute atomic E-state index is 0.525. The summed E-state index contributed by atoms with van der Waals surface area (Å²) in [6.07, 6.45) is 0.922. The molecule has 0 saturated heterocycles. The molecule has 0 aliphatic rings. The first-order chi connectivity index (χ1) is 6.02. The molecule has 0 heterocycles. The van der Waals surface area contributed by atoms with Crippen LogP contribution in [0.2, 0.25) is 0 Å². The second kappa shape index (κ2) is 5.34. The van der Waals surface area contributed by atoms with E-state index in [0.717, 1.165) is 0 Å². The molecule has 0 rings (SSSR count). The molecule has 1 atom stereocenters. The Balaban J connectivity index is 4.57. The van der Waals surface area contributed by atoms with Crippen molar-refractivity contribution in [1.82, 2.24) is 0 Å². The van der Waals surface area contributed by atoms with Gasteiger partial charge >= 0.3 is 9.17 Å². The van der Waals surface area contributed by atoms with Crippen LogP contribution in [0.1, 0.15) is 40.0 Å².